The van der Waals surface area contributed by atoms with Crippen molar-refractivity contribution in [3.63, 3.8) is 0 Å². The van der Waals surface area contributed by atoms with Crippen molar-refractivity contribution in [2.45, 2.75) is 40.7 Å². The van der Waals surface area contributed by atoms with Gasteiger partial charge < -0.3 is 20.1 Å². The SMILES string of the molecule is CCOc1ccc(C(=O)N[C@H](C(=O)OCC(=O)NCC(C)C)C(C)C)cc1. The predicted molar refractivity (Wildman–Crippen MR) is 103 cm³/mol. The Morgan fingerprint density at radius 1 is 1.04 bits per heavy atom. The maximum atomic E-state index is 12.4. The summed E-state index contributed by atoms with van der Waals surface area (Å²) in [5, 5.41) is 5.34. The van der Waals surface area contributed by atoms with Gasteiger partial charge in [0.05, 0.1) is 6.61 Å². The number of ether oxygens (including phenoxy) is 2. The van der Waals surface area contributed by atoms with Crippen LogP contribution in [0.2, 0.25) is 0 Å². The fourth-order valence-corrected chi connectivity index (χ4v) is 2.19. The maximum Gasteiger partial charge on any atom is 0.329 e. The summed E-state index contributed by atoms with van der Waals surface area (Å²) in [6.45, 7) is 10.1. The van der Waals surface area contributed by atoms with Gasteiger partial charge in [-0.05, 0) is 43.0 Å². The van der Waals surface area contributed by atoms with Crippen molar-refractivity contribution in [2.75, 3.05) is 19.8 Å². The molecule has 0 aliphatic heterocycles. The van der Waals surface area contributed by atoms with Crippen LogP contribution < -0.4 is 15.4 Å². The number of esters is 1. The summed E-state index contributed by atoms with van der Waals surface area (Å²) in [5.41, 5.74) is 0.409. The maximum absolute atomic E-state index is 12.4. The van der Waals surface area contributed by atoms with Crippen molar-refractivity contribution in [2.24, 2.45) is 11.8 Å². The number of amides is 2. The Morgan fingerprint density at radius 3 is 2.19 bits per heavy atom. The Labute approximate surface area is 160 Å². The molecule has 2 N–H and O–H groups in total. The van der Waals surface area contributed by atoms with E-state index in [1.54, 1.807) is 38.1 Å². The molecule has 0 radical (unpaired) electrons. The summed E-state index contributed by atoms with van der Waals surface area (Å²) in [7, 11) is 0. The van der Waals surface area contributed by atoms with Crippen molar-refractivity contribution < 1.29 is 23.9 Å². The molecule has 1 aromatic rings. The first-order valence-electron chi connectivity index (χ1n) is 9.21. The van der Waals surface area contributed by atoms with Crippen LogP contribution in [0.3, 0.4) is 0 Å². The molecule has 7 heteroatoms. The molecule has 0 bridgehead atoms. The second kappa shape index (κ2) is 11.2. The smallest absolute Gasteiger partial charge is 0.329 e. The van der Waals surface area contributed by atoms with E-state index in [-0.39, 0.29) is 18.4 Å². The van der Waals surface area contributed by atoms with Crippen LogP contribution >= 0.6 is 0 Å². The van der Waals surface area contributed by atoms with Crippen LogP contribution in [-0.2, 0) is 14.3 Å². The highest BCUT2D eigenvalue weighted by Gasteiger charge is 2.26. The molecule has 0 aromatic heterocycles. The third-order valence-corrected chi connectivity index (χ3v) is 3.69. The zero-order valence-corrected chi connectivity index (χ0v) is 16.7. The average Bonchev–Trinajstić information content (AvgIpc) is 2.62. The summed E-state index contributed by atoms with van der Waals surface area (Å²) in [6, 6.07) is 5.80. The van der Waals surface area contributed by atoms with E-state index < -0.39 is 17.9 Å². The minimum Gasteiger partial charge on any atom is -0.494 e. The van der Waals surface area contributed by atoms with Crippen LogP contribution in [0.1, 0.15) is 45.0 Å². The molecule has 150 valence electrons. The molecule has 2 amide bonds. The lowest BCUT2D eigenvalue weighted by atomic mass is 10.0. The van der Waals surface area contributed by atoms with Gasteiger partial charge >= 0.3 is 5.97 Å². The van der Waals surface area contributed by atoms with Gasteiger partial charge in [0.15, 0.2) is 6.61 Å². The lowest BCUT2D eigenvalue weighted by Gasteiger charge is -2.21. The second-order valence-electron chi connectivity index (χ2n) is 6.96. The van der Waals surface area contributed by atoms with Gasteiger partial charge in [-0.15, -0.1) is 0 Å². The molecule has 0 aliphatic carbocycles. The lowest BCUT2D eigenvalue weighted by molar-refractivity contribution is -0.151. The number of carbonyl (C=O) groups is 3. The zero-order valence-electron chi connectivity index (χ0n) is 16.7. The van der Waals surface area contributed by atoms with E-state index in [2.05, 4.69) is 10.6 Å². The number of nitrogens with one attached hydrogen (secondary N) is 2. The van der Waals surface area contributed by atoms with E-state index in [1.165, 1.54) is 0 Å². The monoisotopic (exact) mass is 378 g/mol. The molecule has 7 nitrogen and oxygen atoms in total. The number of hydrogen-bond acceptors (Lipinski definition) is 5. The molecule has 0 fully saturated rings. The van der Waals surface area contributed by atoms with Crippen LogP contribution in [0.25, 0.3) is 0 Å². The van der Waals surface area contributed by atoms with Crippen LogP contribution in [0.5, 0.6) is 5.75 Å². The molecule has 1 rings (SSSR count). The fourth-order valence-electron chi connectivity index (χ4n) is 2.19. The number of carbonyl (C=O) groups excluding carboxylic acids is 3. The van der Waals surface area contributed by atoms with Crippen LogP contribution in [0.15, 0.2) is 24.3 Å². The Kier molecular flexibility index (Phi) is 9.33. The summed E-state index contributed by atoms with van der Waals surface area (Å²) >= 11 is 0. The second-order valence-corrected chi connectivity index (χ2v) is 6.96. The highest BCUT2D eigenvalue weighted by molar-refractivity contribution is 5.97. The molecule has 0 spiro atoms. The molecule has 0 aliphatic rings. The molecule has 27 heavy (non-hydrogen) atoms. The van der Waals surface area contributed by atoms with Crippen molar-refractivity contribution in [1.82, 2.24) is 10.6 Å². The van der Waals surface area contributed by atoms with Gasteiger partial charge in [-0.3, -0.25) is 9.59 Å². The molecular formula is C20H30N2O5. The molecule has 0 heterocycles. The Hall–Kier alpha value is -2.57. The average molecular weight is 378 g/mol. The molecule has 0 saturated carbocycles. The lowest BCUT2D eigenvalue weighted by Crippen LogP contribution is -2.46. The summed E-state index contributed by atoms with van der Waals surface area (Å²) in [4.78, 5) is 36.4. The molecule has 0 saturated heterocycles. The molecule has 1 aromatic carbocycles. The van der Waals surface area contributed by atoms with E-state index in [0.29, 0.717) is 30.4 Å². The van der Waals surface area contributed by atoms with Gasteiger partial charge in [0.2, 0.25) is 0 Å². The Balaban J connectivity index is 2.62. The minimum atomic E-state index is -0.845. The van der Waals surface area contributed by atoms with Crippen molar-refractivity contribution in [3.8, 4) is 5.75 Å². The molecule has 0 unspecified atom stereocenters. The zero-order chi connectivity index (χ0) is 20.4. The van der Waals surface area contributed by atoms with Crippen LogP contribution in [0.4, 0.5) is 0 Å². The number of rotatable bonds is 10. The first-order valence-corrected chi connectivity index (χ1v) is 9.21. The standard InChI is InChI=1S/C20H30N2O5/c1-6-26-16-9-7-15(8-10-16)19(24)22-18(14(4)5)20(25)27-12-17(23)21-11-13(2)3/h7-10,13-14,18H,6,11-12H2,1-5H3,(H,21,23)(H,22,24)/t18-/m0/s1. The van der Waals surface area contributed by atoms with Gasteiger partial charge in [-0.25, -0.2) is 4.79 Å². The summed E-state index contributed by atoms with van der Waals surface area (Å²) in [5.74, 6) is -0.607. The summed E-state index contributed by atoms with van der Waals surface area (Å²) in [6.07, 6.45) is 0. The van der Waals surface area contributed by atoms with E-state index in [4.69, 9.17) is 9.47 Å². The van der Waals surface area contributed by atoms with E-state index in [9.17, 15) is 14.4 Å². The molecule has 1 atom stereocenters. The van der Waals surface area contributed by atoms with Crippen molar-refractivity contribution >= 4 is 17.8 Å². The van der Waals surface area contributed by atoms with E-state index in [1.807, 2.05) is 20.8 Å². The normalized spacial score (nSPS) is 11.8. The topological polar surface area (TPSA) is 93.7 Å². The van der Waals surface area contributed by atoms with Crippen molar-refractivity contribution in [3.05, 3.63) is 29.8 Å². The third-order valence-electron chi connectivity index (χ3n) is 3.69. The van der Waals surface area contributed by atoms with Crippen molar-refractivity contribution in [1.29, 1.82) is 0 Å². The van der Waals surface area contributed by atoms with Crippen LogP contribution in [-0.4, -0.2) is 43.6 Å². The summed E-state index contributed by atoms with van der Waals surface area (Å²) < 4.78 is 10.4. The van der Waals surface area contributed by atoms with Gasteiger partial charge in [0, 0.05) is 12.1 Å². The van der Waals surface area contributed by atoms with E-state index >= 15 is 0 Å². The predicted octanol–water partition coefficient (Wildman–Crippen LogP) is 2.16. The number of benzene rings is 1. The van der Waals surface area contributed by atoms with Gasteiger partial charge in [0.1, 0.15) is 11.8 Å². The Morgan fingerprint density at radius 2 is 1.67 bits per heavy atom. The minimum absolute atomic E-state index is 0.192. The first kappa shape index (κ1) is 22.5. The van der Waals surface area contributed by atoms with E-state index in [0.717, 1.165) is 0 Å². The highest BCUT2D eigenvalue weighted by Crippen LogP contribution is 2.13. The Bertz CT molecular complexity index is 626. The number of hydrogen-bond donors (Lipinski definition) is 2. The quantitative estimate of drug-likeness (QED) is 0.609. The largest absolute Gasteiger partial charge is 0.494 e. The molecular weight excluding hydrogens is 348 g/mol. The van der Waals surface area contributed by atoms with Gasteiger partial charge in [0.25, 0.3) is 11.8 Å². The fraction of sp³-hybridized carbons (Fsp3) is 0.550. The highest BCUT2D eigenvalue weighted by atomic mass is 16.5. The first-order chi connectivity index (χ1) is 12.7. The van der Waals surface area contributed by atoms with Gasteiger partial charge in [-0.2, -0.15) is 0 Å². The van der Waals surface area contributed by atoms with Gasteiger partial charge in [-0.1, -0.05) is 27.7 Å². The van der Waals surface area contributed by atoms with Crippen LogP contribution in [0, 0.1) is 11.8 Å². The third kappa shape index (κ3) is 8.11.